The van der Waals surface area contributed by atoms with Gasteiger partial charge < -0.3 is 14.6 Å². The van der Waals surface area contributed by atoms with Gasteiger partial charge in [-0.3, -0.25) is 4.79 Å². The average molecular weight is 405 g/mol. The van der Waals surface area contributed by atoms with E-state index in [1.807, 2.05) is 58.0 Å². The first-order valence-electron chi connectivity index (χ1n) is 10.3. The van der Waals surface area contributed by atoms with E-state index in [2.05, 4.69) is 22.0 Å². The summed E-state index contributed by atoms with van der Waals surface area (Å²) in [6, 6.07) is 17.3. The first-order chi connectivity index (χ1) is 14.4. The largest absolute Gasteiger partial charge is 0.452 e. The van der Waals surface area contributed by atoms with Crippen molar-refractivity contribution >= 4 is 17.6 Å². The highest BCUT2D eigenvalue weighted by atomic mass is 16.5. The molecule has 1 heterocycles. The number of esters is 1. The van der Waals surface area contributed by atoms with Gasteiger partial charge in [-0.1, -0.05) is 32.0 Å². The van der Waals surface area contributed by atoms with E-state index in [4.69, 9.17) is 4.74 Å². The fourth-order valence-corrected chi connectivity index (χ4v) is 3.62. The van der Waals surface area contributed by atoms with Gasteiger partial charge in [0.15, 0.2) is 6.61 Å². The molecule has 1 amide bonds. The van der Waals surface area contributed by atoms with Crippen molar-refractivity contribution in [1.82, 2.24) is 4.57 Å². The van der Waals surface area contributed by atoms with E-state index in [-0.39, 0.29) is 12.5 Å². The SMILES string of the molecule is CCc1cccc(CC)c1NC(=O)COC(=O)c1ccc(-n2c(C)ccc2C)cc1. The Labute approximate surface area is 177 Å². The van der Waals surface area contributed by atoms with Crippen LogP contribution in [0.3, 0.4) is 0 Å². The second-order valence-corrected chi connectivity index (χ2v) is 7.28. The lowest BCUT2D eigenvalue weighted by Crippen LogP contribution is -2.22. The number of hydrogen-bond donors (Lipinski definition) is 1. The molecule has 0 atom stereocenters. The van der Waals surface area contributed by atoms with Crippen LogP contribution in [0.5, 0.6) is 0 Å². The Morgan fingerprint density at radius 3 is 1.97 bits per heavy atom. The number of anilines is 1. The minimum Gasteiger partial charge on any atom is -0.452 e. The van der Waals surface area contributed by atoms with Gasteiger partial charge in [-0.05, 0) is 74.2 Å². The van der Waals surface area contributed by atoms with Crippen LogP contribution in [0.15, 0.2) is 54.6 Å². The van der Waals surface area contributed by atoms with Crippen molar-refractivity contribution in [3.8, 4) is 5.69 Å². The predicted octanol–water partition coefficient (Wildman–Crippen LogP) is 5.01. The van der Waals surface area contributed by atoms with Crippen LogP contribution in [0.4, 0.5) is 5.69 Å². The summed E-state index contributed by atoms with van der Waals surface area (Å²) in [5.74, 6) is -0.855. The third kappa shape index (κ3) is 4.62. The molecule has 0 aliphatic rings. The molecule has 3 rings (SSSR count). The number of ether oxygens (including phenoxy) is 1. The van der Waals surface area contributed by atoms with E-state index >= 15 is 0 Å². The van der Waals surface area contributed by atoms with Crippen LogP contribution in [0.1, 0.15) is 46.7 Å². The number of para-hydroxylation sites is 1. The maximum Gasteiger partial charge on any atom is 0.338 e. The molecule has 0 saturated heterocycles. The summed E-state index contributed by atoms with van der Waals surface area (Å²) in [6.07, 6.45) is 1.63. The fourth-order valence-electron chi connectivity index (χ4n) is 3.62. The molecule has 2 aromatic carbocycles. The Kier molecular flexibility index (Phi) is 6.72. The van der Waals surface area contributed by atoms with Gasteiger partial charge in [-0.2, -0.15) is 0 Å². The number of rotatable bonds is 7. The van der Waals surface area contributed by atoms with Gasteiger partial charge in [0.05, 0.1) is 5.56 Å². The highest BCUT2D eigenvalue weighted by Crippen LogP contribution is 2.22. The summed E-state index contributed by atoms with van der Waals surface area (Å²) in [5, 5.41) is 2.91. The first kappa shape index (κ1) is 21.4. The third-order valence-electron chi connectivity index (χ3n) is 5.23. The van der Waals surface area contributed by atoms with Crippen molar-refractivity contribution in [2.24, 2.45) is 0 Å². The van der Waals surface area contributed by atoms with Crippen LogP contribution in [0.25, 0.3) is 5.69 Å². The van der Waals surface area contributed by atoms with Gasteiger partial charge in [-0.25, -0.2) is 4.79 Å². The minimum absolute atomic E-state index is 0.322. The number of carbonyl (C=O) groups is 2. The Morgan fingerprint density at radius 1 is 0.867 bits per heavy atom. The second kappa shape index (κ2) is 9.44. The molecule has 156 valence electrons. The molecule has 0 spiro atoms. The van der Waals surface area contributed by atoms with Crippen molar-refractivity contribution in [3.05, 3.63) is 82.7 Å². The molecule has 1 aromatic heterocycles. The van der Waals surface area contributed by atoms with E-state index < -0.39 is 5.97 Å². The molecule has 5 nitrogen and oxygen atoms in total. The number of benzene rings is 2. The van der Waals surface area contributed by atoms with Crippen molar-refractivity contribution < 1.29 is 14.3 Å². The molecule has 0 saturated carbocycles. The van der Waals surface area contributed by atoms with E-state index in [0.717, 1.165) is 46.7 Å². The molecular weight excluding hydrogens is 376 g/mol. The zero-order valence-electron chi connectivity index (χ0n) is 18.0. The molecule has 30 heavy (non-hydrogen) atoms. The standard InChI is InChI=1S/C25H28N2O3/c1-5-19-8-7-9-20(6-2)24(19)26-23(28)16-30-25(29)21-12-14-22(15-13-21)27-17(3)10-11-18(27)4/h7-15H,5-6,16H2,1-4H3,(H,26,28). The molecule has 5 heteroatoms. The molecule has 1 N–H and O–H groups in total. The summed E-state index contributed by atoms with van der Waals surface area (Å²) in [7, 11) is 0. The van der Waals surface area contributed by atoms with E-state index in [1.165, 1.54) is 0 Å². The summed E-state index contributed by atoms with van der Waals surface area (Å²) in [5.41, 5.74) is 6.60. The van der Waals surface area contributed by atoms with E-state index in [9.17, 15) is 9.59 Å². The smallest absolute Gasteiger partial charge is 0.338 e. The molecule has 3 aromatic rings. The second-order valence-electron chi connectivity index (χ2n) is 7.28. The lowest BCUT2D eigenvalue weighted by atomic mass is 10.0. The summed E-state index contributed by atoms with van der Waals surface area (Å²) in [4.78, 5) is 24.7. The van der Waals surface area contributed by atoms with E-state index in [1.54, 1.807) is 12.1 Å². The normalized spacial score (nSPS) is 10.7. The predicted molar refractivity (Wildman–Crippen MR) is 119 cm³/mol. The lowest BCUT2D eigenvalue weighted by molar-refractivity contribution is -0.119. The van der Waals surface area contributed by atoms with Crippen molar-refractivity contribution in [1.29, 1.82) is 0 Å². The molecule has 0 unspecified atom stereocenters. The molecular formula is C25H28N2O3. The van der Waals surface area contributed by atoms with E-state index in [0.29, 0.717) is 5.56 Å². The van der Waals surface area contributed by atoms with Crippen LogP contribution >= 0.6 is 0 Å². The number of hydrogen-bond acceptors (Lipinski definition) is 3. The number of aryl methyl sites for hydroxylation is 4. The van der Waals surface area contributed by atoms with Crippen molar-refractivity contribution in [2.75, 3.05) is 11.9 Å². The number of amides is 1. The van der Waals surface area contributed by atoms with Crippen molar-refractivity contribution in [3.63, 3.8) is 0 Å². The maximum absolute atomic E-state index is 12.4. The Morgan fingerprint density at radius 2 is 1.43 bits per heavy atom. The topological polar surface area (TPSA) is 60.3 Å². The minimum atomic E-state index is -0.517. The molecule has 0 radical (unpaired) electrons. The summed E-state index contributed by atoms with van der Waals surface area (Å²) >= 11 is 0. The van der Waals surface area contributed by atoms with Gasteiger partial charge in [0.25, 0.3) is 5.91 Å². The van der Waals surface area contributed by atoms with Gasteiger partial charge in [0.2, 0.25) is 0 Å². The zero-order valence-corrected chi connectivity index (χ0v) is 18.0. The Hall–Kier alpha value is -3.34. The lowest BCUT2D eigenvalue weighted by Gasteiger charge is -2.14. The molecule has 0 aliphatic heterocycles. The number of nitrogens with one attached hydrogen (secondary N) is 1. The van der Waals surface area contributed by atoms with Crippen LogP contribution in [0, 0.1) is 13.8 Å². The summed E-state index contributed by atoms with van der Waals surface area (Å²) in [6.45, 7) is 7.84. The number of aromatic nitrogens is 1. The number of carbonyl (C=O) groups excluding carboxylic acids is 2. The average Bonchev–Trinajstić information content (AvgIpc) is 3.10. The zero-order chi connectivity index (χ0) is 21.7. The van der Waals surface area contributed by atoms with Gasteiger partial charge in [0, 0.05) is 22.8 Å². The van der Waals surface area contributed by atoms with Crippen LogP contribution in [0.2, 0.25) is 0 Å². The van der Waals surface area contributed by atoms with Gasteiger partial charge >= 0.3 is 5.97 Å². The van der Waals surface area contributed by atoms with Crippen LogP contribution < -0.4 is 5.32 Å². The third-order valence-corrected chi connectivity index (χ3v) is 5.23. The van der Waals surface area contributed by atoms with Gasteiger partial charge in [0.1, 0.15) is 0 Å². The quantitative estimate of drug-likeness (QED) is 0.563. The molecule has 0 aliphatic carbocycles. The van der Waals surface area contributed by atoms with Crippen LogP contribution in [-0.4, -0.2) is 23.1 Å². The molecule has 0 bridgehead atoms. The number of nitrogens with zero attached hydrogens (tertiary/aromatic N) is 1. The summed E-state index contributed by atoms with van der Waals surface area (Å²) < 4.78 is 7.34. The monoisotopic (exact) mass is 404 g/mol. The van der Waals surface area contributed by atoms with Gasteiger partial charge in [-0.15, -0.1) is 0 Å². The molecule has 0 fully saturated rings. The Bertz CT molecular complexity index is 1010. The Balaban J connectivity index is 1.63. The maximum atomic E-state index is 12.4. The highest BCUT2D eigenvalue weighted by molar-refractivity contribution is 5.96. The van der Waals surface area contributed by atoms with Crippen LogP contribution in [-0.2, 0) is 22.4 Å². The highest BCUT2D eigenvalue weighted by Gasteiger charge is 2.14. The first-order valence-corrected chi connectivity index (χ1v) is 10.3. The van der Waals surface area contributed by atoms with Crippen molar-refractivity contribution in [2.45, 2.75) is 40.5 Å². The fraction of sp³-hybridized carbons (Fsp3) is 0.280.